The Hall–Kier alpha value is -1.17. The normalized spacial score (nSPS) is 19.7. The van der Waals surface area contributed by atoms with Crippen molar-refractivity contribution in [2.24, 2.45) is 0 Å². The number of hydrogen-bond donors (Lipinski definition) is 2. The van der Waals surface area contributed by atoms with Gasteiger partial charge in [0, 0.05) is 31.4 Å². The van der Waals surface area contributed by atoms with Crippen molar-refractivity contribution in [2.75, 3.05) is 38.1 Å². The maximum atomic E-state index is 10.3. The van der Waals surface area contributed by atoms with Crippen molar-refractivity contribution in [3.63, 3.8) is 0 Å². The van der Waals surface area contributed by atoms with Crippen molar-refractivity contribution in [3.8, 4) is 0 Å². The summed E-state index contributed by atoms with van der Waals surface area (Å²) in [6, 6.07) is 1.97. The molecule has 0 aromatic carbocycles. The van der Waals surface area contributed by atoms with Gasteiger partial charge in [0.25, 0.3) is 0 Å². The molecule has 0 amide bonds. The summed E-state index contributed by atoms with van der Waals surface area (Å²) < 4.78 is 0. The van der Waals surface area contributed by atoms with Gasteiger partial charge in [0.1, 0.15) is 6.10 Å². The van der Waals surface area contributed by atoms with Crippen LogP contribution < -0.4 is 4.90 Å². The second-order valence-electron chi connectivity index (χ2n) is 6.27. The van der Waals surface area contributed by atoms with Crippen LogP contribution in [-0.2, 0) is 0 Å². The van der Waals surface area contributed by atoms with Gasteiger partial charge < -0.3 is 20.0 Å². The lowest BCUT2D eigenvalue weighted by Gasteiger charge is -2.24. The molecule has 5 nitrogen and oxygen atoms in total. The molecule has 1 aromatic rings. The van der Waals surface area contributed by atoms with E-state index >= 15 is 0 Å². The van der Waals surface area contributed by atoms with Crippen molar-refractivity contribution >= 4 is 5.69 Å². The minimum atomic E-state index is -0.853. The molecule has 5 heteroatoms. The molecule has 0 saturated carbocycles. The molecule has 124 valence electrons. The van der Waals surface area contributed by atoms with Gasteiger partial charge in [-0.2, -0.15) is 0 Å². The molecule has 2 N–H and O–H groups in total. The van der Waals surface area contributed by atoms with E-state index < -0.39 is 12.2 Å². The first kappa shape index (κ1) is 17.2. The molecule has 0 bridgehead atoms. The minimum absolute atomic E-state index is 0.621. The number of nitrogens with zero attached hydrogens (tertiary/aromatic N) is 3. The Balaban J connectivity index is 2.05. The molecule has 1 saturated heterocycles. The first-order valence-electron chi connectivity index (χ1n) is 8.36. The zero-order chi connectivity index (χ0) is 15.9. The Morgan fingerprint density at radius 1 is 1.18 bits per heavy atom. The molecule has 0 radical (unpaired) electrons. The molecular formula is C17H29N3O2. The van der Waals surface area contributed by atoms with Gasteiger partial charge in [0.2, 0.25) is 0 Å². The van der Waals surface area contributed by atoms with Crippen molar-refractivity contribution in [3.05, 3.63) is 24.0 Å². The molecule has 2 unspecified atom stereocenters. The van der Waals surface area contributed by atoms with E-state index in [4.69, 9.17) is 0 Å². The van der Waals surface area contributed by atoms with Crippen molar-refractivity contribution < 1.29 is 10.2 Å². The number of aliphatic hydroxyl groups excluding tert-OH is 2. The first-order valence-corrected chi connectivity index (χ1v) is 8.36. The topological polar surface area (TPSA) is 59.8 Å². The third-order valence-electron chi connectivity index (χ3n) is 4.39. The average molecular weight is 307 g/mol. The molecular weight excluding hydrogens is 278 g/mol. The maximum Gasteiger partial charge on any atom is 0.106 e. The lowest BCUT2D eigenvalue weighted by atomic mass is 10.0. The quantitative estimate of drug-likeness (QED) is 0.839. The Morgan fingerprint density at radius 2 is 2.00 bits per heavy atom. The fourth-order valence-corrected chi connectivity index (χ4v) is 2.88. The third-order valence-corrected chi connectivity index (χ3v) is 4.39. The third kappa shape index (κ3) is 4.66. The van der Waals surface area contributed by atoms with Gasteiger partial charge in [0.15, 0.2) is 0 Å². The van der Waals surface area contributed by atoms with E-state index in [1.807, 2.05) is 12.3 Å². The molecule has 2 heterocycles. The summed E-state index contributed by atoms with van der Waals surface area (Å²) in [5, 5.41) is 20.4. The van der Waals surface area contributed by atoms with E-state index in [0.29, 0.717) is 12.0 Å². The Kier molecular flexibility index (Phi) is 6.61. The van der Waals surface area contributed by atoms with E-state index in [9.17, 15) is 10.2 Å². The van der Waals surface area contributed by atoms with Gasteiger partial charge in [-0.25, -0.2) is 0 Å². The smallest absolute Gasteiger partial charge is 0.106 e. The molecule has 0 spiro atoms. The van der Waals surface area contributed by atoms with Gasteiger partial charge in [0.05, 0.1) is 18.0 Å². The molecule has 1 fully saturated rings. The number of likely N-dealkylation sites (N-methyl/N-ethyl adjacent to an activating group) is 1. The van der Waals surface area contributed by atoms with Crippen LogP contribution >= 0.6 is 0 Å². The summed E-state index contributed by atoms with van der Waals surface area (Å²) in [5.74, 6) is 0. The van der Waals surface area contributed by atoms with Gasteiger partial charge >= 0.3 is 0 Å². The Bertz CT molecular complexity index is 455. The van der Waals surface area contributed by atoms with Crippen LogP contribution in [0, 0.1) is 0 Å². The van der Waals surface area contributed by atoms with Crippen LogP contribution in [0.2, 0.25) is 0 Å². The lowest BCUT2D eigenvalue weighted by molar-refractivity contribution is 0.0121. The van der Waals surface area contributed by atoms with Crippen molar-refractivity contribution in [1.29, 1.82) is 0 Å². The fourth-order valence-electron chi connectivity index (χ4n) is 2.88. The fraction of sp³-hybridized carbons (Fsp3) is 0.706. The molecule has 22 heavy (non-hydrogen) atoms. The molecule has 1 aliphatic heterocycles. The van der Waals surface area contributed by atoms with Crippen LogP contribution in [0.4, 0.5) is 5.69 Å². The number of unbranched alkanes of at least 4 members (excludes halogenated alkanes) is 1. The van der Waals surface area contributed by atoms with E-state index in [1.54, 1.807) is 6.20 Å². The standard InChI is InChI=1S/C17H29N3O2/c1-3-4-6-16(21)17(22)14-11-15(13-18-12-14)20-8-5-7-19(2)9-10-20/h11-13,16-17,21-22H,3-10H2,1-2H3. The van der Waals surface area contributed by atoms with E-state index in [0.717, 1.165) is 51.1 Å². The summed E-state index contributed by atoms with van der Waals surface area (Å²) in [6.45, 7) is 6.20. The summed E-state index contributed by atoms with van der Waals surface area (Å²) in [5.41, 5.74) is 1.74. The highest BCUT2D eigenvalue weighted by Gasteiger charge is 2.20. The highest BCUT2D eigenvalue weighted by Crippen LogP contribution is 2.24. The van der Waals surface area contributed by atoms with Gasteiger partial charge in [-0.3, -0.25) is 4.98 Å². The first-order chi connectivity index (χ1) is 10.6. The Labute approximate surface area is 133 Å². The van der Waals surface area contributed by atoms with Crippen LogP contribution in [0.25, 0.3) is 0 Å². The lowest BCUT2D eigenvalue weighted by Crippen LogP contribution is -2.29. The van der Waals surface area contributed by atoms with Gasteiger partial charge in [-0.05, 0) is 32.5 Å². The SMILES string of the molecule is CCCCC(O)C(O)c1cncc(N2CCCN(C)CC2)c1. The number of anilines is 1. The largest absolute Gasteiger partial charge is 0.390 e. The van der Waals surface area contributed by atoms with E-state index in [1.165, 1.54) is 0 Å². The number of pyridine rings is 1. The molecule has 2 atom stereocenters. The zero-order valence-corrected chi connectivity index (χ0v) is 13.8. The summed E-state index contributed by atoms with van der Waals surface area (Å²) in [6.07, 6.45) is 5.63. The van der Waals surface area contributed by atoms with Gasteiger partial charge in [-0.1, -0.05) is 19.8 Å². The molecule has 2 rings (SSSR count). The summed E-state index contributed by atoms with van der Waals surface area (Å²) in [7, 11) is 2.14. The zero-order valence-electron chi connectivity index (χ0n) is 13.8. The van der Waals surface area contributed by atoms with Crippen molar-refractivity contribution in [1.82, 2.24) is 9.88 Å². The highest BCUT2D eigenvalue weighted by molar-refractivity contribution is 5.46. The highest BCUT2D eigenvalue weighted by atomic mass is 16.3. The second-order valence-corrected chi connectivity index (χ2v) is 6.27. The minimum Gasteiger partial charge on any atom is -0.390 e. The Morgan fingerprint density at radius 3 is 2.77 bits per heavy atom. The van der Waals surface area contributed by atoms with Crippen LogP contribution in [0.5, 0.6) is 0 Å². The number of rotatable bonds is 6. The monoisotopic (exact) mass is 307 g/mol. The van der Waals surface area contributed by atoms with Crippen LogP contribution in [0.15, 0.2) is 18.5 Å². The van der Waals surface area contributed by atoms with Crippen LogP contribution in [0.1, 0.15) is 44.3 Å². The van der Waals surface area contributed by atoms with E-state index in [2.05, 4.69) is 28.8 Å². The second kappa shape index (κ2) is 8.46. The number of aromatic nitrogens is 1. The predicted octanol–water partition coefficient (Wildman–Crippen LogP) is 1.81. The summed E-state index contributed by atoms with van der Waals surface area (Å²) in [4.78, 5) is 8.91. The number of hydrogen-bond acceptors (Lipinski definition) is 5. The number of aliphatic hydroxyl groups is 2. The average Bonchev–Trinajstić information content (AvgIpc) is 2.76. The summed E-state index contributed by atoms with van der Waals surface area (Å²) >= 11 is 0. The maximum absolute atomic E-state index is 10.3. The van der Waals surface area contributed by atoms with Crippen LogP contribution in [0.3, 0.4) is 0 Å². The molecule has 1 aromatic heterocycles. The van der Waals surface area contributed by atoms with Crippen LogP contribution in [-0.4, -0.2) is 59.4 Å². The van der Waals surface area contributed by atoms with Crippen molar-refractivity contribution in [2.45, 2.75) is 44.8 Å². The van der Waals surface area contributed by atoms with E-state index in [-0.39, 0.29) is 0 Å². The molecule has 0 aliphatic carbocycles. The predicted molar refractivity (Wildman–Crippen MR) is 89.1 cm³/mol. The van der Waals surface area contributed by atoms with Gasteiger partial charge in [-0.15, -0.1) is 0 Å². The molecule has 1 aliphatic rings.